The first-order valence-corrected chi connectivity index (χ1v) is 12.7. The van der Waals surface area contributed by atoms with Crippen LogP contribution in [0.1, 0.15) is 115 Å². The number of benzene rings is 1. The van der Waals surface area contributed by atoms with Gasteiger partial charge in [0.15, 0.2) is 0 Å². The molecule has 3 heteroatoms. The number of carbonyl (C=O) groups is 1. The largest absolute Gasteiger partial charge is 0.332 e. The van der Waals surface area contributed by atoms with Gasteiger partial charge in [-0.3, -0.25) is 0 Å². The van der Waals surface area contributed by atoms with E-state index in [0.29, 0.717) is 6.42 Å². The lowest BCUT2D eigenvalue weighted by Crippen LogP contribution is -2.51. The summed E-state index contributed by atoms with van der Waals surface area (Å²) < 4.78 is -0.0330. The quantitative estimate of drug-likeness (QED) is 0.0841. The maximum absolute atomic E-state index is 11.7. The zero-order valence-electron chi connectivity index (χ0n) is 20.0. The third-order valence-corrected chi connectivity index (χ3v) is 6.09. The van der Waals surface area contributed by atoms with E-state index in [0.717, 1.165) is 12.8 Å². The average Bonchev–Trinajstić information content (AvgIpc) is 2.72. The molecule has 1 aromatic carbocycles. The predicted molar refractivity (Wildman–Crippen MR) is 130 cm³/mol. The lowest BCUT2D eigenvalue weighted by Gasteiger charge is -2.18. The van der Waals surface area contributed by atoms with Crippen LogP contribution in [0.5, 0.6) is 0 Å². The molecule has 2 N–H and O–H groups in total. The molecule has 0 fully saturated rings. The number of aryl methyl sites for hydroxylation is 1. The van der Waals surface area contributed by atoms with Gasteiger partial charge in [0.05, 0.1) is 20.5 Å². The number of amides is 1. The summed E-state index contributed by atoms with van der Waals surface area (Å²) in [4.78, 5) is 11.7. The highest BCUT2D eigenvalue weighted by Gasteiger charge is 2.20. The fraction of sp³-hybridized carbons (Fsp3) is 0.741. The van der Waals surface area contributed by atoms with Gasteiger partial charge in [0, 0.05) is 0 Å². The maximum atomic E-state index is 11.7. The summed E-state index contributed by atoms with van der Waals surface area (Å²) in [6.45, 7) is 0. The monoisotopic (exact) mass is 417 g/mol. The first-order valence-electron chi connectivity index (χ1n) is 12.7. The molecule has 0 atom stereocenters. The van der Waals surface area contributed by atoms with Gasteiger partial charge in [-0.25, -0.2) is 4.79 Å². The van der Waals surface area contributed by atoms with Gasteiger partial charge in [0.2, 0.25) is 0 Å². The number of hydrogen-bond donors (Lipinski definition) is 1. The van der Waals surface area contributed by atoms with Gasteiger partial charge in [-0.15, -0.1) is 0 Å². The van der Waals surface area contributed by atoms with Crippen LogP contribution in [-0.4, -0.2) is 24.6 Å². The van der Waals surface area contributed by atoms with Gasteiger partial charge in [0.1, 0.15) is 0 Å². The number of carbonyl (C=O) groups excluding carboxylic acids is 1. The van der Waals surface area contributed by atoms with Crippen molar-refractivity contribution < 1.29 is 9.39 Å². The Kier molecular flexibility index (Phi) is 15.6. The van der Waals surface area contributed by atoms with Crippen LogP contribution in [-0.2, 0) is 11.2 Å². The smallest absolute Gasteiger partial charge is 0.229 e. The van der Waals surface area contributed by atoms with Crippen LogP contribution in [0.2, 0.25) is 0 Å². The van der Waals surface area contributed by atoms with Crippen molar-refractivity contribution in [3.05, 3.63) is 35.9 Å². The van der Waals surface area contributed by atoms with Crippen molar-refractivity contribution in [3.63, 3.8) is 0 Å². The molecule has 1 aromatic rings. The van der Waals surface area contributed by atoms with Crippen LogP contribution in [0.15, 0.2) is 30.3 Å². The van der Waals surface area contributed by atoms with Crippen LogP contribution < -0.4 is 5.84 Å². The highest BCUT2D eigenvalue weighted by Crippen LogP contribution is 2.15. The normalized spacial score (nSPS) is 11.7. The minimum absolute atomic E-state index is 0.0330. The highest BCUT2D eigenvalue weighted by atomic mass is 16.2. The van der Waals surface area contributed by atoms with Gasteiger partial charge in [-0.1, -0.05) is 120 Å². The molecule has 30 heavy (non-hydrogen) atoms. The van der Waals surface area contributed by atoms with E-state index < -0.39 is 0 Å². The molecule has 0 unspecified atom stereocenters. The number of nitrogens with zero attached hydrogens (tertiary/aromatic N) is 1. The van der Waals surface area contributed by atoms with E-state index in [1.165, 1.54) is 102 Å². The molecule has 0 aliphatic rings. The number of quaternary nitrogens is 1. The van der Waals surface area contributed by atoms with E-state index in [1.807, 2.05) is 0 Å². The molecule has 0 spiro atoms. The molecule has 1 amide bonds. The van der Waals surface area contributed by atoms with Crippen molar-refractivity contribution in [2.75, 3.05) is 14.1 Å². The molecule has 0 saturated heterocycles. The summed E-state index contributed by atoms with van der Waals surface area (Å²) in [6, 6.07) is 10.9. The molecule has 3 nitrogen and oxygen atoms in total. The molecule has 0 radical (unpaired) electrons. The third-order valence-electron chi connectivity index (χ3n) is 6.09. The second-order valence-electron chi connectivity index (χ2n) is 9.58. The summed E-state index contributed by atoms with van der Waals surface area (Å²) in [7, 11) is 3.49. The summed E-state index contributed by atoms with van der Waals surface area (Å²) in [6.07, 6.45) is 23.4. The van der Waals surface area contributed by atoms with E-state index in [4.69, 9.17) is 5.84 Å². The minimum atomic E-state index is -0.0330. The molecule has 0 bridgehead atoms. The van der Waals surface area contributed by atoms with Gasteiger partial charge in [-0.05, 0) is 24.8 Å². The van der Waals surface area contributed by atoms with Gasteiger partial charge >= 0.3 is 5.91 Å². The Morgan fingerprint density at radius 3 is 1.40 bits per heavy atom. The highest BCUT2D eigenvalue weighted by molar-refractivity contribution is 5.68. The molecule has 0 aliphatic heterocycles. The second kappa shape index (κ2) is 17.5. The second-order valence-corrected chi connectivity index (χ2v) is 9.58. The van der Waals surface area contributed by atoms with Gasteiger partial charge < -0.3 is 0 Å². The first kappa shape index (κ1) is 26.8. The lowest BCUT2D eigenvalue weighted by atomic mass is 10.0. The predicted octanol–water partition coefficient (Wildman–Crippen LogP) is 7.34. The fourth-order valence-electron chi connectivity index (χ4n) is 4.01. The van der Waals surface area contributed by atoms with Crippen LogP contribution in [0.25, 0.3) is 0 Å². The summed E-state index contributed by atoms with van der Waals surface area (Å²) in [5, 5.41) is 0. The summed E-state index contributed by atoms with van der Waals surface area (Å²) in [5.41, 5.74) is 1.49. The Labute approximate surface area is 187 Å². The summed E-state index contributed by atoms with van der Waals surface area (Å²) >= 11 is 0. The zero-order chi connectivity index (χ0) is 21.9. The van der Waals surface area contributed by atoms with Crippen LogP contribution in [0, 0.1) is 0 Å². The molecule has 0 aromatic heterocycles. The molecule has 1 rings (SSSR count). The van der Waals surface area contributed by atoms with Crippen LogP contribution in [0.4, 0.5) is 0 Å². The van der Waals surface area contributed by atoms with Crippen molar-refractivity contribution in [1.29, 1.82) is 0 Å². The number of hydrogen-bond acceptors (Lipinski definition) is 2. The lowest BCUT2D eigenvalue weighted by molar-refractivity contribution is -0.826. The Morgan fingerprint density at radius 1 is 0.633 bits per heavy atom. The van der Waals surface area contributed by atoms with Crippen LogP contribution in [0.3, 0.4) is 0 Å². The average molecular weight is 418 g/mol. The van der Waals surface area contributed by atoms with Crippen molar-refractivity contribution in [2.45, 2.75) is 116 Å². The number of unbranched alkanes of at least 4 members (excludes halogenated alkanes) is 15. The molecule has 0 aliphatic carbocycles. The molecular weight excluding hydrogens is 368 g/mol. The molecule has 0 saturated carbocycles. The van der Waals surface area contributed by atoms with Crippen molar-refractivity contribution >= 4 is 5.91 Å². The van der Waals surface area contributed by atoms with E-state index >= 15 is 0 Å². The molecule has 0 heterocycles. The van der Waals surface area contributed by atoms with E-state index in [1.54, 1.807) is 14.1 Å². The van der Waals surface area contributed by atoms with Crippen molar-refractivity contribution in [2.24, 2.45) is 5.84 Å². The van der Waals surface area contributed by atoms with Crippen LogP contribution >= 0.6 is 0 Å². The summed E-state index contributed by atoms with van der Waals surface area (Å²) in [5.74, 6) is 5.89. The fourth-order valence-corrected chi connectivity index (χ4v) is 4.01. The Hall–Kier alpha value is -1.19. The van der Waals surface area contributed by atoms with E-state index in [-0.39, 0.29) is 10.5 Å². The topological polar surface area (TPSA) is 43.1 Å². The van der Waals surface area contributed by atoms with Gasteiger partial charge in [-0.2, -0.15) is 10.4 Å². The Morgan fingerprint density at radius 2 is 1.00 bits per heavy atom. The van der Waals surface area contributed by atoms with Gasteiger partial charge in [0.25, 0.3) is 0 Å². The maximum Gasteiger partial charge on any atom is 0.332 e. The van der Waals surface area contributed by atoms with Crippen molar-refractivity contribution in [1.82, 2.24) is 0 Å². The standard InChI is InChI=1S/C27H49N2O/c1-29(2,28)27(30)25-21-16-14-12-10-8-6-4-3-5-7-9-11-13-15-18-22-26-23-19-17-20-24-26/h17,19-20,23-24H,3-16,18,21-22,25,28H2,1-2H3/q+1. The number of nitrogens with two attached hydrogens (primary N) is 1. The zero-order valence-corrected chi connectivity index (χ0v) is 20.0. The van der Waals surface area contributed by atoms with Crippen molar-refractivity contribution in [3.8, 4) is 0 Å². The Balaban J connectivity index is 1.72. The SMILES string of the molecule is C[N+](C)(N)C(=O)CCCCCCCCCCCCCCCCCCc1ccccc1. The minimum Gasteiger partial charge on any atom is -0.229 e. The number of rotatable bonds is 19. The molecule has 172 valence electrons. The third kappa shape index (κ3) is 15.6. The molecular formula is C27H49N2O+. The van der Waals surface area contributed by atoms with E-state index in [9.17, 15) is 4.79 Å². The first-order chi connectivity index (χ1) is 14.5. The van der Waals surface area contributed by atoms with E-state index in [2.05, 4.69) is 30.3 Å². The Bertz CT molecular complexity index is 521.